The Bertz CT molecular complexity index is 643. The van der Waals surface area contributed by atoms with Gasteiger partial charge in [-0.1, -0.05) is 18.2 Å². The maximum Gasteiger partial charge on any atom is 0.191 e. The molecule has 1 saturated heterocycles. The summed E-state index contributed by atoms with van der Waals surface area (Å²) in [5.41, 5.74) is 2.62. The molecule has 2 heterocycles. The van der Waals surface area contributed by atoms with Crippen LogP contribution in [0.2, 0.25) is 0 Å². The minimum absolute atomic E-state index is 0.563. The highest BCUT2D eigenvalue weighted by Crippen LogP contribution is 2.19. The van der Waals surface area contributed by atoms with E-state index in [1.807, 2.05) is 18.8 Å². The number of hydrogen-bond acceptors (Lipinski definition) is 2. The van der Waals surface area contributed by atoms with E-state index in [0.717, 1.165) is 25.3 Å². The van der Waals surface area contributed by atoms with E-state index >= 15 is 0 Å². The predicted molar refractivity (Wildman–Crippen MR) is 101 cm³/mol. The number of thioether (sulfide) groups is 1. The molecule has 3 N–H and O–H groups in total. The first kappa shape index (κ1) is 16.2. The fraction of sp³-hybridized carbons (Fsp3) is 0.500. The summed E-state index contributed by atoms with van der Waals surface area (Å²) in [6.07, 6.45) is 6.87. The molecule has 5 heteroatoms. The van der Waals surface area contributed by atoms with E-state index in [4.69, 9.17) is 0 Å². The third kappa shape index (κ3) is 4.44. The van der Waals surface area contributed by atoms with Gasteiger partial charge >= 0.3 is 0 Å². The van der Waals surface area contributed by atoms with Gasteiger partial charge in [0.2, 0.25) is 0 Å². The number of nitrogens with zero attached hydrogens (tertiary/aromatic N) is 1. The Morgan fingerprint density at radius 3 is 3.13 bits per heavy atom. The zero-order valence-corrected chi connectivity index (χ0v) is 14.6. The molecule has 1 aromatic carbocycles. The van der Waals surface area contributed by atoms with Crippen molar-refractivity contribution in [2.75, 3.05) is 25.1 Å². The van der Waals surface area contributed by atoms with E-state index in [9.17, 15) is 0 Å². The van der Waals surface area contributed by atoms with E-state index in [-0.39, 0.29) is 0 Å². The number of nitrogens with one attached hydrogen (secondary N) is 3. The number of aromatic nitrogens is 1. The number of aromatic amines is 1. The zero-order chi connectivity index (χ0) is 15.9. The minimum atomic E-state index is 0.563. The van der Waals surface area contributed by atoms with Crippen LogP contribution in [-0.4, -0.2) is 42.1 Å². The number of guanidine groups is 1. The van der Waals surface area contributed by atoms with Crippen LogP contribution in [0.25, 0.3) is 10.9 Å². The molecule has 0 radical (unpaired) electrons. The molecule has 4 nitrogen and oxygen atoms in total. The molecule has 2 aromatic rings. The Labute approximate surface area is 142 Å². The van der Waals surface area contributed by atoms with Gasteiger partial charge in [-0.25, -0.2) is 0 Å². The molecule has 1 unspecified atom stereocenters. The Morgan fingerprint density at radius 2 is 2.30 bits per heavy atom. The van der Waals surface area contributed by atoms with Crippen LogP contribution < -0.4 is 10.6 Å². The molecule has 0 saturated carbocycles. The number of hydrogen-bond donors (Lipinski definition) is 3. The molecule has 0 bridgehead atoms. The van der Waals surface area contributed by atoms with Gasteiger partial charge in [0.1, 0.15) is 0 Å². The molecule has 0 aliphatic carbocycles. The highest BCUT2D eigenvalue weighted by molar-refractivity contribution is 7.99. The molecule has 1 aliphatic rings. The van der Waals surface area contributed by atoms with Crippen LogP contribution in [-0.2, 0) is 6.42 Å². The maximum absolute atomic E-state index is 4.35. The summed E-state index contributed by atoms with van der Waals surface area (Å²) in [6.45, 7) is 0.943. The fourth-order valence-corrected chi connectivity index (χ4v) is 4.14. The van der Waals surface area contributed by atoms with Gasteiger partial charge in [-0.15, -0.1) is 0 Å². The third-order valence-corrected chi connectivity index (χ3v) is 5.53. The summed E-state index contributed by atoms with van der Waals surface area (Å²) < 4.78 is 0. The average molecular weight is 331 g/mol. The van der Waals surface area contributed by atoms with E-state index in [1.54, 1.807) is 0 Å². The molecule has 0 spiro atoms. The lowest BCUT2D eigenvalue weighted by molar-refractivity contribution is 0.580. The van der Waals surface area contributed by atoms with Crippen LogP contribution in [0.15, 0.2) is 35.5 Å². The number of para-hydroxylation sites is 1. The van der Waals surface area contributed by atoms with Gasteiger partial charge in [0.15, 0.2) is 5.96 Å². The average Bonchev–Trinajstić information content (AvgIpc) is 3.02. The smallest absolute Gasteiger partial charge is 0.191 e. The van der Waals surface area contributed by atoms with Crippen LogP contribution in [0.5, 0.6) is 0 Å². The van der Waals surface area contributed by atoms with Crippen LogP contribution >= 0.6 is 11.8 Å². The van der Waals surface area contributed by atoms with Crippen molar-refractivity contribution in [3.05, 3.63) is 36.0 Å². The summed E-state index contributed by atoms with van der Waals surface area (Å²) >= 11 is 2.03. The van der Waals surface area contributed by atoms with Crippen LogP contribution in [0.4, 0.5) is 0 Å². The first-order valence-electron chi connectivity index (χ1n) is 8.47. The van der Waals surface area contributed by atoms with Crippen molar-refractivity contribution in [3.8, 4) is 0 Å². The summed E-state index contributed by atoms with van der Waals surface area (Å²) in [6, 6.07) is 9.06. The molecule has 1 aliphatic heterocycles. The van der Waals surface area contributed by atoms with Gasteiger partial charge in [0.25, 0.3) is 0 Å². The molecule has 1 aromatic heterocycles. The second-order valence-electron chi connectivity index (χ2n) is 6.02. The van der Waals surface area contributed by atoms with Crippen LogP contribution in [0.3, 0.4) is 0 Å². The summed E-state index contributed by atoms with van der Waals surface area (Å²) in [5, 5.41) is 8.33. The number of aliphatic imine (C=N–C) groups is 1. The van der Waals surface area contributed by atoms with Gasteiger partial charge in [-0.05, 0) is 43.1 Å². The van der Waals surface area contributed by atoms with Crippen molar-refractivity contribution in [2.45, 2.75) is 31.7 Å². The van der Waals surface area contributed by atoms with Crippen molar-refractivity contribution >= 4 is 28.6 Å². The second-order valence-corrected chi connectivity index (χ2v) is 7.17. The molecule has 23 heavy (non-hydrogen) atoms. The van der Waals surface area contributed by atoms with Crippen molar-refractivity contribution in [3.63, 3.8) is 0 Å². The monoisotopic (exact) mass is 330 g/mol. The maximum atomic E-state index is 4.35. The highest BCUT2D eigenvalue weighted by atomic mass is 32.2. The van der Waals surface area contributed by atoms with Crippen LogP contribution in [0, 0.1) is 0 Å². The van der Waals surface area contributed by atoms with Gasteiger partial charge in [-0.2, -0.15) is 11.8 Å². The number of fused-ring (bicyclic) bond motifs is 1. The summed E-state index contributed by atoms with van der Waals surface area (Å²) in [5.74, 6) is 3.43. The van der Waals surface area contributed by atoms with Gasteiger partial charge in [0.05, 0.1) is 0 Å². The molecule has 124 valence electrons. The Balaban J connectivity index is 1.43. The number of aryl methyl sites for hydroxylation is 1. The standard InChI is InChI=1S/C18H26N4S/c1-19-18(22-15-7-5-11-23-13-15)20-10-4-6-14-12-21-17-9-3-2-8-16(14)17/h2-3,8-9,12,15,21H,4-7,10-11,13H2,1H3,(H2,19,20,22). The van der Waals surface area contributed by atoms with Crippen molar-refractivity contribution < 1.29 is 0 Å². The Kier molecular flexibility index (Phi) is 5.86. The largest absolute Gasteiger partial charge is 0.361 e. The SMILES string of the molecule is CN=C(NCCCc1c[nH]c2ccccc12)NC1CCCSC1. The van der Waals surface area contributed by atoms with Crippen molar-refractivity contribution in [2.24, 2.45) is 4.99 Å². The summed E-state index contributed by atoms with van der Waals surface area (Å²) in [7, 11) is 1.85. The van der Waals surface area contributed by atoms with E-state index in [1.165, 1.54) is 40.8 Å². The Morgan fingerprint density at radius 1 is 1.39 bits per heavy atom. The minimum Gasteiger partial charge on any atom is -0.361 e. The first-order chi connectivity index (χ1) is 11.4. The van der Waals surface area contributed by atoms with E-state index < -0.39 is 0 Å². The quantitative estimate of drug-likeness (QED) is 0.448. The van der Waals surface area contributed by atoms with E-state index in [0.29, 0.717) is 6.04 Å². The van der Waals surface area contributed by atoms with Gasteiger partial charge < -0.3 is 15.6 Å². The molecular formula is C18H26N4S. The van der Waals surface area contributed by atoms with E-state index in [2.05, 4.69) is 51.1 Å². The molecule has 1 fully saturated rings. The lowest BCUT2D eigenvalue weighted by Crippen LogP contribution is -2.45. The topological polar surface area (TPSA) is 52.2 Å². The molecular weight excluding hydrogens is 304 g/mol. The van der Waals surface area contributed by atoms with Crippen molar-refractivity contribution in [1.82, 2.24) is 15.6 Å². The first-order valence-corrected chi connectivity index (χ1v) is 9.62. The third-order valence-electron chi connectivity index (χ3n) is 4.32. The number of H-pyrrole nitrogens is 1. The highest BCUT2D eigenvalue weighted by Gasteiger charge is 2.14. The molecule has 1 atom stereocenters. The number of benzene rings is 1. The lowest BCUT2D eigenvalue weighted by atomic mass is 10.1. The Hall–Kier alpha value is -1.62. The lowest BCUT2D eigenvalue weighted by Gasteiger charge is -2.24. The normalized spacial score (nSPS) is 19.0. The zero-order valence-electron chi connectivity index (χ0n) is 13.8. The molecule has 3 rings (SSSR count). The molecule has 0 amide bonds. The van der Waals surface area contributed by atoms with Gasteiger partial charge in [0, 0.05) is 42.5 Å². The van der Waals surface area contributed by atoms with Gasteiger partial charge in [-0.3, -0.25) is 4.99 Å². The number of rotatable bonds is 5. The summed E-state index contributed by atoms with van der Waals surface area (Å²) in [4.78, 5) is 7.69. The fourth-order valence-electron chi connectivity index (χ4n) is 3.07. The van der Waals surface area contributed by atoms with Crippen molar-refractivity contribution in [1.29, 1.82) is 0 Å². The van der Waals surface area contributed by atoms with Crippen LogP contribution in [0.1, 0.15) is 24.8 Å². The second kappa shape index (κ2) is 8.29. The predicted octanol–water partition coefficient (Wildman–Crippen LogP) is 3.16.